The molecule has 0 radical (unpaired) electrons. The zero-order valence-corrected chi connectivity index (χ0v) is 9.43. The van der Waals surface area contributed by atoms with E-state index in [0.717, 1.165) is 5.56 Å². The van der Waals surface area contributed by atoms with Crippen molar-refractivity contribution in [2.45, 2.75) is 19.9 Å². The highest BCUT2D eigenvalue weighted by Gasteiger charge is 2.10. The minimum atomic E-state index is -0.0631. The zero-order chi connectivity index (χ0) is 12.0. The van der Waals surface area contributed by atoms with E-state index < -0.39 is 0 Å². The third-order valence-corrected chi connectivity index (χ3v) is 2.21. The predicted molar refractivity (Wildman–Crippen MR) is 59.0 cm³/mol. The van der Waals surface area contributed by atoms with Gasteiger partial charge in [-0.15, -0.1) is 0 Å². The van der Waals surface area contributed by atoms with E-state index in [2.05, 4.69) is 0 Å². The van der Waals surface area contributed by atoms with Gasteiger partial charge in [0.2, 0.25) is 5.91 Å². The Kier molecular flexibility index (Phi) is 4.49. The summed E-state index contributed by atoms with van der Waals surface area (Å²) in [7, 11) is 1.47. The summed E-state index contributed by atoms with van der Waals surface area (Å²) < 4.78 is 0. The summed E-state index contributed by atoms with van der Waals surface area (Å²) in [6.45, 7) is 2.18. The highest BCUT2D eigenvalue weighted by atomic mass is 16.7. The molecule has 0 fully saturated rings. The second kappa shape index (κ2) is 5.89. The lowest BCUT2D eigenvalue weighted by molar-refractivity contribution is -0.178. The number of hydroxylamine groups is 2. The van der Waals surface area contributed by atoms with Gasteiger partial charge in [0.25, 0.3) is 0 Å². The SMILES string of the molecule is CCC(=O)N(Cc1ccc(C#N)cc1)OC. The highest BCUT2D eigenvalue weighted by molar-refractivity contribution is 5.74. The first-order valence-electron chi connectivity index (χ1n) is 5.04. The monoisotopic (exact) mass is 218 g/mol. The molecule has 0 saturated carbocycles. The average Bonchev–Trinajstić information content (AvgIpc) is 2.35. The molecule has 16 heavy (non-hydrogen) atoms. The molecule has 1 aromatic carbocycles. The van der Waals surface area contributed by atoms with Crippen molar-refractivity contribution in [1.29, 1.82) is 5.26 Å². The normalized spacial score (nSPS) is 9.56. The predicted octanol–water partition coefficient (Wildman–Crippen LogP) is 1.86. The average molecular weight is 218 g/mol. The van der Waals surface area contributed by atoms with Crippen LogP contribution in [0.15, 0.2) is 24.3 Å². The van der Waals surface area contributed by atoms with Crippen molar-refractivity contribution in [3.8, 4) is 6.07 Å². The molecule has 0 unspecified atom stereocenters. The fraction of sp³-hybridized carbons (Fsp3) is 0.333. The van der Waals surface area contributed by atoms with Crippen molar-refractivity contribution < 1.29 is 9.63 Å². The van der Waals surface area contributed by atoms with E-state index in [4.69, 9.17) is 10.1 Å². The molecule has 1 aromatic rings. The fourth-order valence-corrected chi connectivity index (χ4v) is 1.28. The summed E-state index contributed by atoms with van der Waals surface area (Å²) in [6.07, 6.45) is 0.407. The number of benzene rings is 1. The van der Waals surface area contributed by atoms with E-state index in [9.17, 15) is 4.79 Å². The van der Waals surface area contributed by atoms with Gasteiger partial charge in [0.05, 0.1) is 25.3 Å². The van der Waals surface area contributed by atoms with Gasteiger partial charge in [-0.3, -0.25) is 9.63 Å². The van der Waals surface area contributed by atoms with Crippen molar-refractivity contribution in [2.75, 3.05) is 7.11 Å². The summed E-state index contributed by atoms with van der Waals surface area (Å²) in [5, 5.41) is 9.95. The topological polar surface area (TPSA) is 53.3 Å². The molecule has 4 heteroatoms. The summed E-state index contributed by atoms with van der Waals surface area (Å²) in [6, 6.07) is 9.11. The number of amides is 1. The standard InChI is InChI=1S/C12H14N2O2/c1-3-12(15)14(16-2)9-11-6-4-10(8-13)5-7-11/h4-7H,3,9H2,1-2H3. The molecule has 1 rings (SSSR count). The maximum atomic E-state index is 11.4. The number of carbonyl (C=O) groups excluding carboxylic acids is 1. The summed E-state index contributed by atoms with van der Waals surface area (Å²) in [5.41, 5.74) is 1.54. The summed E-state index contributed by atoms with van der Waals surface area (Å²) in [5.74, 6) is -0.0631. The molecule has 1 amide bonds. The molecule has 0 bridgehead atoms. The first kappa shape index (κ1) is 12.2. The molecule has 0 aliphatic carbocycles. The van der Waals surface area contributed by atoms with Crippen molar-refractivity contribution in [2.24, 2.45) is 0 Å². The van der Waals surface area contributed by atoms with Gasteiger partial charge >= 0.3 is 0 Å². The molecule has 0 spiro atoms. The molecule has 0 heterocycles. The fourth-order valence-electron chi connectivity index (χ4n) is 1.28. The van der Waals surface area contributed by atoms with Crippen molar-refractivity contribution >= 4 is 5.91 Å². The van der Waals surface area contributed by atoms with Crippen LogP contribution in [0.4, 0.5) is 0 Å². The minimum absolute atomic E-state index is 0.0631. The van der Waals surface area contributed by atoms with Crippen LogP contribution in [0.25, 0.3) is 0 Å². The van der Waals surface area contributed by atoms with Crippen molar-refractivity contribution in [3.05, 3.63) is 35.4 Å². The summed E-state index contributed by atoms with van der Waals surface area (Å²) in [4.78, 5) is 16.4. The first-order valence-corrected chi connectivity index (χ1v) is 5.04. The Labute approximate surface area is 95.0 Å². The Bertz CT molecular complexity index is 392. The number of carbonyl (C=O) groups is 1. The molecule has 4 nitrogen and oxygen atoms in total. The van der Waals surface area contributed by atoms with Gasteiger partial charge in [-0.25, -0.2) is 5.06 Å². The number of hydrogen-bond donors (Lipinski definition) is 0. The van der Waals surface area contributed by atoms with Crippen molar-refractivity contribution in [3.63, 3.8) is 0 Å². The van der Waals surface area contributed by atoms with Gasteiger partial charge in [0.15, 0.2) is 0 Å². The second-order valence-corrected chi connectivity index (χ2v) is 3.28. The molecule has 0 aliphatic rings. The van der Waals surface area contributed by atoms with Gasteiger partial charge in [-0.1, -0.05) is 19.1 Å². The van der Waals surface area contributed by atoms with Crippen LogP contribution in [0, 0.1) is 11.3 Å². The van der Waals surface area contributed by atoms with Gasteiger partial charge < -0.3 is 0 Å². The van der Waals surface area contributed by atoms with Gasteiger partial charge in [-0.05, 0) is 17.7 Å². The Balaban J connectivity index is 2.71. The third-order valence-electron chi connectivity index (χ3n) is 2.21. The maximum absolute atomic E-state index is 11.4. The van der Waals surface area contributed by atoms with Gasteiger partial charge in [-0.2, -0.15) is 5.26 Å². The molecular formula is C12H14N2O2. The highest BCUT2D eigenvalue weighted by Crippen LogP contribution is 2.08. The smallest absolute Gasteiger partial charge is 0.246 e. The molecule has 0 aromatic heterocycles. The lowest BCUT2D eigenvalue weighted by Gasteiger charge is -2.18. The minimum Gasteiger partial charge on any atom is -0.274 e. The van der Waals surface area contributed by atoms with Crippen LogP contribution in [-0.2, 0) is 16.2 Å². The van der Waals surface area contributed by atoms with Crippen LogP contribution < -0.4 is 0 Å². The molecule has 84 valence electrons. The van der Waals surface area contributed by atoms with Gasteiger partial charge in [0.1, 0.15) is 0 Å². The third kappa shape index (κ3) is 3.07. The first-order chi connectivity index (χ1) is 7.71. The van der Waals surface area contributed by atoms with Crippen LogP contribution in [0.3, 0.4) is 0 Å². The maximum Gasteiger partial charge on any atom is 0.246 e. The number of hydrogen-bond acceptors (Lipinski definition) is 3. The number of rotatable bonds is 4. The second-order valence-electron chi connectivity index (χ2n) is 3.28. The number of nitriles is 1. The van der Waals surface area contributed by atoms with E-state index in [0.29, 0.717) is 18.5 Å². The molecule has 0 N–H and O–H groups in total. The molecule has 0 aliphatic heterocycles. The Hall–Kier alpha value is -1.86. The van der Waals surface area contributed by atoms with E-state index in [1.165, 1.54) is 12.2 Å². The van der Waals surface area contributed by atoms with Crippen LogP contribution >= 0.6 is 0 Å². The van der Waals surface area contributed by atoms with Crippen LogP contribution in [0.2, 0.25) is 0 Å². The van der Waals surface area contributed by atoms with E-state index in [1.54, 1.807) is 19.1 Å². The molecular weight excluding hydrogens is 204 g/mol. The Morgan fingerprint density at radius 2 is 2.06 bits per heavy atom. The largest absolute Gasteiger partial charge is 0.274 e. The summed E-state index contributed by atoms with van der Waals surface area (Å²) >= 11 is 0. The van der Waals surface area contributed by atoms with Crippen LogP contribution in [0.1, 0.15) is 24.5 Å². The quantitative estimate of drug-likeness (QED) is 0.725. The Morgan fingerprint density at radius 3 is 2.50 bits per heavy atom. The number of nitrogens with zero attached hydrogens (tertiary/aromatic N) is 2. The van der Waals surface area contributed by atoms with Gasteiger partial charge in [0, 0.05) is 6.42 Å². The van der Waals surface area contributed by atoms with Crippen molar-refractivity contribution in [1.82, 2.24) is 5.06 Å². The van der Waals surface area contributed by atoms with E-state index >= 15 is 0 Å². The van der Waals surface area contributed by atoms with E-state index in [1.807, 2.05) is 18.2 Å². The van der Waals surface area contributed by atoms with E-state index in [-0.39, 0.29) is 5.91 Å². The lowest BCUT2D eigenvalue weighted by Crippen LogP contribution is -2.28. The molecule has 0 saturated heterocycles. The zero-order valence-electron chi connectivity index (χ0n) is 9.43. The Morgan fingerprint density at radius 1 is 1.44 bits per heavy atom. The van der Waals surface area contributed by atoms with Crippen LogP contribution in [-0.4, -0.2) is 18.1 Å². The lowest BCUT2D eigenvalue weighted by atomic mass is 10.1. The molecule has 0 atom stereocenters. The van der Waals surface area contributed by atoms with Crippen LogP contribution in [0.5, 0.6) is 0 Å².